The minimum atomic E-state index is -0.298. The molecule has 6 nitrogen and oxygen atoms in total. The fourth-order valence-electron chi connectivity index (χ4n) is 4.26. The number of hydrazone groups is 1. The van der Waals surface area contributed by atoms with E-state index >= 15 is 0 Å². The number of amides is 1. The number of para-hydroxylation sites is 1. The van der Waals surface area contributed by atoms with E-state index in [2.05, 4.69) is 24.2 Å². The average molecular weight is 437 g/mol. The molecule has 0 bridgehead atoms. The molecule has 1 N–H and O–H groups in total. The maximum atomic E-state index is 12.6. The Kier molecular flexibility index (Phi) is 5.26. The second kappa shape index (κ2) is 8.39. The lowest BCUT2D eigenvalue weighted by Gasteiger charge is -2.20. The number of aryl methyl sites for hydroxylation is 1. The van der Waals surface area contributed by atoms with Crippen molar-refractivity contribution in [1.82, 2.24) is 14.8 Å². The molecule has 6 heteroatoms. The molecular weight excluding hydrogens is 412 g/mol. The number of carbonyl (C=O) groups is 1. The number of phenolic OH excluding ortho intramolecular Hbond substituents is 1. The van der Waals surface area contributed by atoms with Crippen molar-refractivity contribution in [1.29, 1.82) is 0 Å². The Bertz CT molecular complexity index is 1360. The third-order valence-corrected chi connectivity index (χ3v) is 5.83. The quantitative estimate of drug-likeness (QED) is 0.475. The summed E-state index contributed by atoms with van der Waals surface area (Å²) in [5.74, 6) is 0.0307. The minimum Gasteiger partial charge on any atom is -0.508 e. The van der Waals surface area contributed by atoms with Crippen molar-refractivity contribution in [2.75, 3.05) is 0 Å². The van der Waals surface area contributed by atoms with Crippen LogP contribution in [0.1, 0.15) is 36.1 Å². The number of benzene rings is 3. The van der Waals surface area contributed by atoms with Crippen LogP contribution in [0.25, 0.3) is 16.9 Å². The number of hydrogen-bond acceptors (Lipinski definition) is 4. The third kappa shape index (κ3) is 4.03. The second-order valence-electron chi connectivity index (χ2n) is 8.26. The molecule has 1 amide bonds. The number of hydrogen-bond donors (Lipinski definition) is 1. The van der Waals surface area contributed by atoms with Gasteiger partial charge >= 0.3 is 0 Å². The zero-order chi connectivity index (χ0) is 22.9. The van der Waals surface area contributed by atoms with Crippen LogP contribution in [0, 0.1) is 6.92 Å². The molecule has 33 heavy (non-hydrogen) atoms. The van der Waals surface area contributed by atoms with Gasteiger partial charge in [-0.05, 0) is 37.3 Å². The van der Waals surface area contributed by atoms with E-state index in [-0.39, 0.29) is 17.7 Å². The van der Waals surface area contributed by atoms with Crippen molar-refractivity contribution in [3.63, 3.8) is 0 Å². The largest absolute Gasteiger partial charge is 0.508 e. The van der Waals surface area contributed by atoms with Gasteiger partial charge in [-0.1, -0.05) is 54.1 Å². The van der Waals surface area contributed by atoms with Gasteiger partial charge in [0.1, 0.15) is 5.75 Å². The lowest BCUT2D eigenvalue weighted by Crippen LogP contribution is -2.24. The standard InChI is InChI=1S/C27H24N4O2/c1-18-8-6-10-21(14-18)27-24(17-30(29-27)22-11-4-3-5-12-22)26-16-25(28-31(26)19(2)32)20-9-7-13-23(33)15-20/h3-15,17,26,33H,16H2,1-2H3. The number of aromatic nitrogens is 2. The monoisotopic (exact) mass is 436 g/mol. The summed E-state index contributed by atoms with van der Waals surface area (Å²) in [7, 11) is 0. The number of carbonyl (C=O) groups excluding carboxylic acids is 1. The number of rotatable bonds is 4. The van der Waals surface area contributed by atoms with E-state index in [0.29, 0.717) is 6.42 Å². The molecule has 1 aliphatic heterocycles. The van der Waals surface area contributed by atoms with Gasteiger partial charge in [-0.2, -0.15) is 10.2 Å². The first kappa shape index (κ1) is 20.7. The Hall–Kier alpha value is -4.19. The maximum Gasteiger partial charge on any atom is 0.240 e. The van der Waals surface area contributed by atoms with Crippen LogP contribution in [0.3, 0.4) is 0 Å². The van der Waals surface area contributed by atoms with Gasteiger partial charge in [-0.3, -0.25) is 4.79 Å². The molecule has 1 aliphatic rings. The highest BCUT2D eigenvalue weighted by atomic mass is 16.3. The van der Waals surface area contributed by atoms with Crippen LogP contribution >= 0.6 is 0 Å². The van der Waals surface area contributed by atoms with Gasteiger partial charge in [0.05, 0.1) is 23.1 Å². The molecule has 4 aromatic rings. The molecule has 0 spiro atoms. The van der Waals surface area contributed by atoms with Gasteiger partial charge in [0, 0.05) is 36.2 Å². The first-order chi connectivity index (χ1) is 16.0. The zero-order valence-electron chi connectivity index (χ0n) is 18.5. The Morgan fingerprint density at radius 1 is 0.970 bits per heavy atom. The van der Waals surface area contributed by atoms with Gasteiger partial charge < -0.3 is 5.11 Å². The fourth-order valence-corrected chi connectivity index (χ4v) is 4.26. The molecule has 1 aromatic heterocycles. The molecule has 5 rings (SSSR count). The van der Waals surface area contributed by atoms with Crippen molar-refractivity contribution in [3.8, 4) is 22.7 Å². The minimum absolute atomic E-state index is 0.141. The maximum absolute atomic E-state index is 12.6. The Morgan fingerprint density at radius 2 is 1.73 bits per heavy atom. The highest BCUT2D eigenvalue weighted by molar-refractivity contribution is 6.03. The first-order valence-electron chi connectivity index (χ1n) is 10.9. The molecular formula is C27H24N4O2. The van der Waals surface area contributed by atoms with E-state index in [4.69, 9.17) is 5.10 Å². The van der Waals surface area contributed by atoms with Gasteiger partial charge in [-0.15, -0.1) is 0 Å². The van der Waals surface area contributed by atoms with Crippen LogP contribution < -0.4 is 0 Å². The predicted molar refractivity (Wildman–Crippen MR) is 128 cm³/mol. The summed E-state index contributed by atoms with van der Waals surface area (Å²) in [5.41, 5.74) is 6.39. The van der Waals surface area contributed by atoms with E-state index in [9.17, 15) is 9.90 Å². The highest BCUT2D eigenvalue weighted by Crippen LogP contribution is 2.38. The Balaban J connectivity index is 1.63. The van der Waals surface area contributed by atoms with E-state index in [1.54, 1.807) is 18.2 Å². The number of nitrogens with zero attached hydrogens (tertiary/aromatic N) is 4. The van der Waals surface area contributed by atoms with Gasteiger partial charge in [0.15, 0.2) is 0 Å². The zero-order valence-corrected chi connectivity index (χ0v) is 18.5. The molecule has 1 atom stereocenters. The van der Waals surface area contributed by atoms with Crippen LogP contribution in [0.15, 0.2) is 90.2 Å². The normalized spacial score (nSPS) is 15.5. The third-order valence-electron chi connectivity index (χ3n) is 5.83. The van der Waals surface area contributed by atoms with Crippen molar-refractivity contribution in [2.45, 2.75) is 26.3 Å². The Labute approximate surface area is 192 Å². The fraction of sp³-hybridized carbons (Fsp3) is 0.148. The van der Waals surface area contributed by atoms with Crippen molar-refractivity contribution in [3.05, 3.63) is 102 Å². The molecule has 0 aliphatic carbocycles. The van der Waals surface area contributed by atoms with Gasteiger partial charge in [0.2, 0.25) is 5.91 Å². The van der Waals surface area contributed by atoms with Crippen LogP contribution in [0.5, 0.6) is 5.75 Å². The summed E-state index contributed by atoms with van der Waals surface area (Å²) in [4.78, 5) is 12.6. The van der Waals surface area contributed by atoms with Gasteiger partial charge in [0.25, 0.3) is 0 Å². The van der Waals surface area contributed by atoms with E-state index in [1.807, 2.05) is 59.4 Å². The van der Waals surface area contributed by atoms with Gasteiger partial charge in [-0.25, -0.2) is 9.69 Å². The molecule has 0 saturated heterocycles. The SMILES string of the molecule is CC(=O)N1N=C(c2cccc(O)c2)CC1c1cn(-c2ccccc2)nc1-c1cccc(C)c1. The van der Waals surface area contributed by atoms with Crippen molar-refractivity contribution in [2.24, 2.45) is 5.10 Å². The molecule has 2 heterocycles. The number of aromatic hydroxyl groups is 1. The predicted octanol–water partition coefficient (Wildman–Crippen LogP) is 5.25. The topological polar surface area (TPSA) is 70.7 Å². The molecule has 1 unspecified atom stereocenters. The van der Waals surface area contributed by atoms with E-state index < -0.39 is 0 Å². The summed E-state index contributed by atoms with van der Waals surface area (Å²) >= 11 is 0. The lowest BCUT2D eigenvalue weighted by molar-refractivity contribution is -0.130. The van der Waals surface area contributed by atoms with Crippen LogP contribution in [-0.4, -0.2) is 31.5 Å². The smallest absolute Gasteiger partial charge is 0.240 e. The van der Waals surface area contributed by atoms with Crippen LogP contribution in [0.2, 0.25) is 0 Å². The molecule has 0 saturated carbocycles. The molecule has 0 radical (unpaired) electrons. The first-order valence-corrected chi connectivity index (χ1v) is 10.9. The summed E-state index contributed by atoms with van der Waals surface area (Å²) in [6.45, 7) is 3.58. The van der Waals surface area contributed by atoms with E-state index in [0.717, 1.165) is 39.3 Å². The summed E-state index contributed by atoms with van der Waals surface area (Å²) < 4.78 is 1.86. The van der Waals surface area contributed by atoms with Crippen LogP contribution in [0.4, 0.5) is 0 Å². The highest BCUT2D eigenvalue weighted by Gasteiger charge is 2.34. The summed E-state index contributed by atoms with van der Waals surface area (Å²) in [5, 5.41) is 21.0. The summed E-state index contributed by atoms with van der Waals surface area (Å²) in [6, 6.07) is 24.8. The number of phenols is 1. The molecule has 164 valence electrons. The molecule has 0 fully saturated rings. The van der Waals surface area contributed by atoms with Crippen LogP contribution in [-0.2, 0) is 4.79 Å². The lowest BCUT2D eigenvalue weighted by atomic mass is 9.96. The van der Waals surface area contributed by atoms with E-state index in [1.165, 1.54) is 11.9 Å². The average Bonchev–Trinajstić information content (AvgIpc) is 3.45. The molecule has 3 aromatic carbocycles. The summed E-state index contributed by atoms with van der Waals surface area (Å²) in [6.07, 6.45) is 2.52. The Morgan fingerprint density at radius 3 is 2.45 bits per heavy atom. The van der Waals surface area contributed by atoms with Crippen molar-refractivity contribution < 1.29 is 9.90 Å². The second-order valence-corrected chi connectivity index (χ2v) is 8.26. The van der Waals surface area contributed by atoms with Crippen molar-refractivity contribution >= 4 is 11.6 Å².